The highest BCUT2D eigenvalue weighted by atomic mass is 35.5. The van der Waals surface area contributed by atoms with E-state index in [1.54, 1.807) is 7.11 Å². The third kappa shape index (κ3) is 3.49. The average molecular weight is 288 g/mol. The fourth-order valence-electron chi connectivity index (χ4n) is 2.02. The van der Waals surface area contributed by atoms with Gasteiger partial charge in [-0.1, -0.05) is 11.6 Å². The smallest absolute Gasteiger partial charge is 0.158 e. The van der Waals surface area contributed by atoms with Gasteiger partial charge in [0.25, 0.3) is 0 Å². The summed E-state index contributed by atoms with van der Waals surface area (Å²) in [6.45, 7) is 6.86. The van der Waals surface area contributed by atoms with Crippen molar-refractivity contribution in [2.24, 2.45) is 0 Å². The summed E-state index contributed by atoms with van der Waals surface area (Å²) >= 11 is 8.03. The van der Waals surface area contributed by atoms with Crippen LogP contribution in [0.3, 0.4) is 0 Å². The van der Waals surface area contributed by atoms with Crippen LogP contribution in [0.2, 0.25) is 5.15 Å². The number of anilines is 1. The van der Waals surface area contributed by atoms with Gasteiger partial charge in [0.05, 0.1) is 0 Å². The fourth-order valence-corrected chi connectivity index (χ4v) is 3.33. The Morgan fingerprint density at radius 2 is 2.28 bits per heavy atom. The second-order valence-corrected chi connectivity index (χ2v) is 7.12. The molecule has 1 aromatic heterocycles. The second kappa shape index (κ2) is 5.63. The predicted octanol–water partition coefficient (Wildman–Crippen LogP) is 2.61. The van der Waals surface area contributed by atoms with E-state index in [2.05, 4.69) is 28.7 Å². The van der Waals surface area contributed by atoms with Gasteiger partial charge < -0.3 is 9.64 Å². The van der Waals surface area contributed by atoms with E-state index in [-0.39, 0.29) is 4.75 Å². The molecule has 0 saturated carbocycles. The summed E-state index contributed by atoms with van der Waals surface area (Å²) in [6, 6.07) is 1.83. The van der Waals surface area contributed by atoms with Crippen molar-refractivity contribution in [3.63, 3.8) is 0 Å². The summed E-state index contributed by atoms with van der Waals surface area (Å²) in [5.41, 5.74) is 0. The number of hydrogen-bond donors (Lipinski definition) is 0. The van der Waals surface area contributed by atoms with Gasteiger partial charge in [-0.2, -0.15) is 11.8 Å². The summed E-state index contributed by atoms with van der Waals surface area (Å²) in [4.78, 5) is 10.9. The Bertz CT molecular complexity index is 428. The minimum atomic E-state index is 0.247. The number of thioether (sulfide) groups is 1. The van der Waals surface area contributed by atoms with E-state index in [1.165, 1.54) is 0 Å². The van der Waals surface area contributed by atoms with E-state index in [0.29, 0.717) is 17.6 Å². The van der Waals surface area contributed by atoms with Gasteiger partial charge in [0, 0.05) is 36.8 Å². The number of methoxy groups -OCH3 is 1. The van der Waals surface area contributed by atoms with Crippen molar-refractivity contribution in [3.05, 3.63) is 17.0 Å². The highest BCUT2D eigenvalue weighted by Gasteiger charge is 2.28. The lowest BCUT2D eigenvalue weighted by Crippen LogP contribution is -2.43. The highest BCUT2D eigenvalue weighted by molar-refractivity contribution is 8.00. The first-order valence-corrected chi connectivity index (χ1v) is 7.28. The van der Waals surface area contributed by atoms with Gasteiger partial charge in [-0.05, 0) is 13.8 Å². The lowest BCUT2D eigenvalue weighted by Gasteiger charge is -2.38. The van der Waals surface area contributed by atoms with Crippen molar-refractivity contribution in [1.82, 2.24) is 9.97 Å². The molecule has 100 valence electrons. The van der Waals surface area contributed by atoms with Crippen molar-refractivity contribution < 1.29 is 4.74 Å². The zero-order valence-electron chi connectivity index (χ0n) is 10.9. The van der Waals surface area contributed by atoms with Crippen LogP contribution in [0.25, 0.3) is 0 Å². The van der Waals surface area contributed by atoms with E-state index in [9.17, 15) is 0 Å². The average Bonchev–Trinajstić information content (AvgIpc) is 2.27. The van der Waals surface area contributed by atoms with Crippen molar-refractivity contribution in [3.8, 4) is 0 Å². The number of halogens is 1. The van der Waals surface area contributed by atoms with Gasteiger partial charge >= 0.3 is 0 Å². The zero-order chi connectivity index (χ0) is 13.2. The molecule has 1 aliphatic heterocycles. The third-order valence-electron chi connectivity index (χ3n) is 2.75. The zero-order valence-corrected chi connectivity index (χ0v) is 12.5. The molecule has 1 fully saturated rings. The molecular formula is C12H18ClN3OS. The first-order chi connectivity index (χ1) is 8.50. The van der Waals surface area contributed by atoms with Crippen LogP contribution in [-0.4, -0.2) is 40.7 Å². The number of ether oxygens (including phenoxy) is 1. The maximum atomic E-state index is 6.04. The van der Waals surface area contributed by atoms with Crippen LogP contribution >= 0.6 is 23.4 Å². The van der Waals surface area contributed by atoms with Gasteiger partial charge in [0.2, 0.25) is 0 Å². The molecule has 1 aliphatic rings. The molecule has 0 spiro atoms. The molecule has 6 heteroatoms. The van der Waals surface area contributed by atoms with E-state index >= 15 is 0 Å². The normalized spacial score (nSPS) is 19.0. The molecule has 2 rings (SSSR count). The Labute approximate surface area is 117 Å². The van der Waals surface area contributed by atoms with E-state index in [0.717, 1.165) is 24.7 Å². The maximum Gasteiger partial charge on any atom is 0.158 e. The Morgan fingerprint density at radius 1 is 1.50 bits per heavy atom. The number of rotatable bonds is 3. The fraction of sp³-hybridized carbons (Fsp3) is 0.667. The number of nitrogens with zero attached hydrogens (tertiary/aromatic N) is 3. The van der Waals surface area contributed by atoms with Gasteiger partial charge in [0.1, 0.15) is 17.6 Å². The topological polar surface area (TPSA) is 38.2 Å². The minimum Gasteiger partial charge on any atom is -0.377 e. The summed E-state index contributed by atoms with van der Waals surface area (Å²) < 4.78 is 5.31. The Balaban J connectivity index is 2.21. The van der Waals surface area contributed by atoms with Crippen LogP contribution in [0.1, 0.15) is 19.7 Å². The van der Waals surface area contributed by atoms with Gasteiger partial charge in [-0.3, -0.25) is 0 Å². The summed E-state index contributed by atoms with van der Waals surface area (Å²) in [5.74, 6) is 2.64. The molecular weight excluding hydrogens is 270 g/mol. The van der Waals surface area contributed by atoms with E-state index in [1.807, 2.05) is 17.8 Å². The van der Waals surface area contributed by atoms with Crippen LogP contribution in [0.4, 0.5) is 5.82 Å². The Morgan fingerprint density at radius 3 is 2.94 bits per heavy atom. The predicted molar refractivity (Wildman–Crippen MR) is 76.5 cm³/mol. The SMILES string of the molecule is COCc1nc(Cl)cc(N2CCSC(C)(C)C2)n1. The molecule has 2 heterocycles. The summed E-state index contributed by atoms with van der Waals surface area (Å²) in [5, 5.41) is 0.475. The van der Waals surface area contributed by atoms with Crippen molar-refractivity contribution >= 4 is 29.2 Å². The Hall–Kier alpha value is -0.520. The first-order valence-electron chi connectivity index (χ1n) is 5.91. The first kappa shape index (κ1) is 13.9. The van der Waals surface area contributed by atoms with Crippen LogP contribution in [0.15, 0.2) is 6.07 Å². The van der Waals surface area contributed by atoms with Crippen LogP contribution in [0.5, 0.6) is 0 Å². The van der Waals surface area contributed by atoms with E-state index in [4.69, 9.17) is 16.3 Å². The molecule has 0 aromatic carbocycles. The molecule has 0 amide bonds. The molecule has 0 atom stereocenters. The van der Waals surface area contributed by atoms with Crippen molar-refractivity contribution in [2.75, 3.05) is 30.9 Å². The van der Waals surface area contributed by atoms with Gasteiger partial charge in [-0.25, -0.2) is 9.97 Å². The monoisotopic (exact) mass is 287 g/mol. The lowest BCUT2D eigenvalue weighted by atomic mass is 10.2. The van der Waals surface area contributed by atoms with Crippen molar-refractivity contribution in [2.45, 2.75) is 25.2 Å². The lowest BCUT2D eigenvalue weighted by molar-refractivity contribution is 0.178. The van der Waals surface area contributed by atoms with Gasteiger partial charge in [-0.15, -0.1) is 0 Å². The standard InChI is InChI=1S/C12H18ClN3OS/c1-12(2)8-16(4-5-18-12)11-6-9(13)14-10(15-11)7-17-3/h6H,4-5,7-8H2,1-3H3. The molecule has 1 saturated heterocycles. The van der Waals surface area contributed by atoms with Crippen LogP contribution in [0, 0.1) is 0 Å². The van der Waals surface area contributed by atoms with Crippen LogP contribution in [-0.2, 0) is 11.3 Å². The minimum absolute atomic E-state index is 0.247. The van der Waals surface area contributed by atoms with Crippen LogP contribution < -0.4 is 4.90 Å². The second-order valence-electron chi connectivity index (χ2n) is 4.93. The summed E-state index contributed by atoms with van der Waals surface area (Å²) in [7, 11) is 1.63. The maximum absolute atomic E-state index is 6.04. The number of hydrogen-bond acceptors (Lipinski definition) is 5. The summed E-state index contributed by atoms with van der Waals surface area (Å²) in [6.07, 6.45) is 0. The molecule has 0 unspecified atom stereocenters. The largest absolute Gasteiger partial charge is 0.377 e. The quantitative estimate of drug-likeness (QED) is 0.799. The molecule has 1 aromatic rings. The molecule has 0 N–H and O–H groups in total. The molecule has 4 nitrogen and oxygen atoms in total. The molecule has 0 aliphatic carbocycles. The number of aromatic nitrogens is 2. The molecule has 0 radical (unpaired) electrons. The van der Waals surface area contributed by atoms with Gasteiger partial charge in [0.15, 0.2) is 5.82 Å². The highest BCUT2D eigenvalue weighted by Crippen LogP contribution is 2.32. The van der Waals surface area contributed by atoms with Crippen molar-refractivity contribution in [1.29, 1.82) is 0 Å². The third-order valence-corrected chi connectivity index (χ3v) is 4.24. The Kier molecular flexibility index (Phi) is 4.35. The molecule has 18 heavy (non-hydrogen) atoms. The van der Waals surface area contributed by atoms with E-state index < -0.39 is 0 Å². The molecule has 0 bridgehead atoms.